The van der Waals surface area contributed by atoms with Gasteiger partial charge in [-0.25, -0.2) is 9.37 Å². The lowest BCUT2D eigenvalue weighted by molar-refractivity contribution is -0.123. The van der Waals surface area contributed by atoms with E-state index in [2.05, 4.69) is 10.3 Å². The van der Waals surface area contributed by atoms with E-state index in [4.69, 9.17) is 0 Å². The van der Waals surface area contributed by atoms with Crippen LogP contribution in [0.4, 0.5) is 10.2 Å². The van der Waals surface area contributed by atoms with Crippen molar-refractivity contribution in [3.8, 4) is 0 Å². The summed E-state index contributed by atoms with van der Waals surface area (Å²) < 4.78 is 12.7. The molecule has 1 aliphatic rings. The SMILES string of the molecule is C[C@@H](C(=O)Nc1ccc(F)cn1)N1CCCC(C)(O)C1. The molecule has 5 nitrogen and oxygen atoms in total. The maximum atomic E-state index is 12.7. The zero-order valence-electron chi connectivity index (χ0n) is 11.8. The second kappa shape index (κ2) is 5.85. The van der Waals surface area contributed by atoms with Crippen LogP contribution in [0.15, 0.2) is 18.3 Å². The molecular weight excluding hydrogens is 261 g/mol. The average Bonchev–Trinajstić information content (AvgIpc) is 2.39. The molecule has 1 aromatic rings. The minimum absolute atomic E-state index is 0.207. The Morgan fingerprint density at radius 3 is 2.95 bits per heavy atom. The lowest BCUT2D eigenvalue weighted by Crippen LogP contribution is -2.52. The van der Waals surface area contributed by atoms with Crippen molar-refractivity contribution < 1.29 is 14.3 Å². The molecule has 2 N–H and O–H groups in total. The third kappa shape index (κ3) is 3.74. The van der Waals surface area contributed by atoms with Crippen LogP contribution in [-0.2, 0) is 4.79 Å². The van der Waals surface area contributed by atoms with Gasteiger partial charge in [0.05, 0.1) is 17.8 Å². The zero-order chi connectivity index (χ0) is 14.8. The van der Waals surface area contributed by atoms with Gasteiger partial charge in [-0.05, 0) is 45.4 Å². The van der Waals surface area contributed by atoms with Crippen molar-refractivity contribution in [2.24, 2.45) is 0 Å². The summed E-state index contributed by atoms with van der Waals surface area (Å²) >= 11 is 0. The number of likely N-dealkylation sites (tertiary alicyclic amines) is 1. The van der Waals surface area contributed by atoms with Gasteiger partial charge in [-0.3, -0.25) is 9.69 Å². The number of nitrogens with zero attached hydrogens (tertiary/aromatic N) is 2. The summed E-state index contributed by atoms with van der Waals surface area (Å²) in [6.45, 7) is 4.82. The van der Waals surface area contributed by atoms with Crippen LogP contribution in [0.2, 0.25) is 0 Å². The molecule has 1 aliphatic heterocycles. The number of hydrogen-bond acceptors (Lipinski definition) is 4. The molecule has 1 amide bonds. The van der Waals surface area contributed by atoms with Crippen LogP contribution in [0.25, 0.3) is 0 Å². The summed E-state index contributed by atoms with van der Waals surface area (Å²) in [5.41, 5.74) is -0.749. The summed E-state index contributed by atoms with van der Waals surface area (Å²) in [6.07, 6.45) is 2.67. The minimum Gasteiger partial charge on any atom is -0.389 e. The van der Waals surface area contributed by atoms with Crippen molar-refractivity contribution in [1.82, 2.24) is 9.88 Å². The first-order valence-corrected chi connectivity index (χ1v) is 6.76. The number of aliphatic hydroxyl groups is 1. The molecule has 1 fully saturated rings. The highest BCUT2D eigenvalue weighted by atomic mass is 19.1. The molecule has 0 radical (unpaired) electrons. The van der Waals surface area contributed by atoms with E-state index in [1.165, 1.54) is 12.1 Å². The highest BCUT2D eigenvalue weighted by molar-refractivity contribution is 5.93. The fraction of sp³-hybridized carbons (Fsp3) is 0.571. The standard InChI is InChI=1S/C14H20FN3O2/c1-10(18-7-3-6-14(2,20)9-18)13(19)17-12-5-4-11(15)8-16-12/h4-5,8,10,20H,3,6-7,9H2,1-2H3,(H,16,17,19)/t10-,14?/m0/s1. The van der Waals surface area contributed by atoms with Crippen LogP contribution < -0.4 is 5.32 Å². The van der Waals surface area contributed by atoms with Gasteiger partial charge in [-0.1, -0.05) is 0 Å². The maximum absolute atomic E-state index is 12.7. The number of hydrogen-bond donors (Lipinski definition) is 2. The number of nitrogens with one attached hydrogen (secondary N) is 1. The van der Waals surface area contributed by atoms with E-state index in [0.717, 1.165) is 25.6 Å². The van der Waals surface area contributed by atoms with E-state index in [1.807, 2.05) is 4.90 Å². The molecule has 0 aromatic carbocycles. The molecule has 0 bridgehead atoms. The van der Waals surface area contributed by atoms with Crippen LogP contribution in [0.1, 0.15) is 26.7 Å². The molecule has 110 valence electrons. The van der Waals surface area contributed by atoms with Gasteiger partial charge in [-0.15, -0.1) is 0 Å². The van der Waals surface area contributed by atoms with E-state index < -0.39 is 11.4 Å². The van der Waals surface area contributed by atoms with E-state index in [0.29, 0.717) is 12.4 Å². The van der Waals surface area contributed by atoms with Gasteiger partial charge in [0.1, 0.15) is 11.6 Å². The average molecular weight is 281 g/mol. The van der Waals surface area contributed by atoms with Gasteiger partial charge >= 0.3 is 0 Å². The Hall–Kier alpha value is -1.53. The third-order valence-corrected chi connectivity index (χ3v) is 3.61. The van der Waals surface area contributed by atoms with Gasteiger partial charge in [0.2, 0.25) is 5.91 Å². The lowest BCUT2D eigenvalue weighted by Gasteiger charge is -2.39. The number of β-amino-alcohol motifs (C(OH)–C–C–N with tert-alkyl or cyclic N) is 1. The molecule has 1 unspecified atom stereocenters. The Morgan fingerprint density at radius 2 is 2.35 bits per heavy atom. The number of anilines is 1. The van der Waals surface area contributed by atoms with E-state index in [1.54, 1.807) is 13.8 Å². The minimum atomic E-state index is -0.749. The van der Waals surface area contributed by atoms with Crippen molar-refractivity contribution in [3.63, 3.8) is 0 Å². The van der Waals surface area contributed by atoms with Gasteiger partial charge in [0.25, 0.3) is 0 Å². The molecule has 0 aliphatic carbocycles. The van der Waals surface area contributed by atoms with Crippen molar-refractivity contribution in [2.45, 2.75) is 38.3 Å². The Kier molecular flexibility index (Phi) is 4.35. The Morgan fingerprint density at radius 1 is 1.60 bits per heavy atom. The second-order valence-corrected chi connectivity index (χ2v) is 5.60. The van der Waals surface area contributed by atoms with Crippen LogP contribution in [-0.4, -0.2) is 45.6 Å². The highest BCUT2D eigenvalue weighted by Crippen LogP contribution is 2.22. The number of carbonyl (C=O) groups is 1. The summed E-state index contributed by atoms with van der Waals surface area (Å²) in [7, 11) is 0. The van der Waals surface area contributed by atoms with Crippen molar-refractivity contribution in [2.75, 3.05) is 18.4 Å². The molecule has 20 heavy (non-hydrogen) atoms. The third-order valence-electron chi connectivity index (χ3n) is 3.61. The number of piperidine rings is 1. The lowest BCUT2D eigenvalue weighted by atomic mass is 9.94. The first kappa shape index (κ1) is 14.9. The van der Waals surface area contributed by atoms with Crippen LogP contribution in [0.3, 0.4) is 0 Å². The molecule has 0 spiro atoms. The topological polar surface area (TPSA) is 65.5 Å². The molecule has 0 saturated carbocycles. The normalized spacial score (nSPS) is 25.2. The summed E-state index contributed by atoms with van der Waals surface area (Å²) in [5, 5.41) is 12.7. The van der Waals surface area contributed by atoms with Gasteiger partial charge in [-0.2, -0.15) is 0 Å². The van der Waals surface area contributed by atoms with Crippen molar-refractivity contribution in [3.05, 3.63) is 24.1 Å². The fourth-order valence-corrected chi connectivity index (χ4v) is 2.44. The molecular formula is C14H20FN3O2. The number of rotatable bonds is 3. The molecule has 2 heterocycles. The van der Waals surface area contributed by atoms with Gasteiger partial charge in [0.15, 0.2) is 0 Å². The molecule has 6 heteroatoms. The summed E-state index contributed by atoms with van der Waals surface area (Å²) in [6, 6.07) is 2.30. The predicted molar refractivity (Wildman–Crippen MR) is 73.7 cm³/mol. The molecule has 1 saturated heterocycles. The first-order chi connectivity index (χ1) is 9.37. The Labute approximate surface area is 117 Å². The van der Waals surface area contributed by atoms with E-state index in [9.17, 15) is 14.3 Å². The van der Waals surface area contributed by atoms with Crippen LogP contribution in [0.5, 0.6) is 0 Å². The fourth-order valence-electron chi connectivity index (χ4n) is 2.44. The number of halogens is 1. The molecule has 1 aromatic heterocycles. The molecule has 2 rings (SSSR count). The Balaban J connectivity index is 1.96. The maximum Gasteiger partial charge on any atom is 0.242 e. The number of aromatic nitrogens is 1. The van der Waals surface area contributed by atoms with E-state index >= 15 is 0 Å². The Bertz CT molecular complexity index is 476. The van der Waals surface area contributed by atoms with Crippen LogP contribution >= 0.6 is 0 Å². The summed E-state index contributed by atoms with van der Waals surface area (Å²) in [4.78, 5) is 17.9. The van der Waals surface area contributed by atoms with Crippen LogP contribution in [0, 0.1) is 5.82 Å². The smallest absolute Gasteiger partial charge is 0.242 e. The monoisotopic (exact) mass is 281 g/mol. The number of carbonyl (C=O) groups excluding carboxylic acids is 1. The van der Waals surface area contributed by atoms with E-state index in [-0.39, 0.29) is 11.9 Å². The first-order valence-electron chi connectivity index (χ1n) is 6.76. The highest BCUT2D eigenvalue weighted by Gasteiger charge is 2.33. The largest absolute Gasteiger partial charge is 0.389 e. The predicted octanol–water partition coefficient (Wildman–Crippen LogP) is 1.39. The van der Waals surface area contributed by atoms with Crippen molar-refractivity contribution in [1.29, 1.82) is 0 Å². The quantitative estimate of drug-likeness (QED) is 0.879. The summed E-state index contributed by atoms with van der Waals surface area (Å²) in [5.74, 6) is -0.322. The van der Waals surface area contributed by atoms with Crippen molar-refractivity contribution >= 4 is 11.7 Å². The zero-order valence-corrected chi connectivity index (χ0v) is 11.8. The van der Waals surface area contributed by atoms with Gasteiger partial charge < -0.3 is 10.4 Å². The van der Waals surface area contributed by atoms with Gasteiger partial charge in [0, 0.05) is 6.54 Å². The molecule has 2 atom stereocenters. The number of amides is 1. The second-order valence-electron chi connectivity index (χ2n) is 5.60. The number of pyridine rings is 1.